The van der Waals surface area contributed by atoms with Gasteiger partial charge in [0.15, 0.2) is 0 Å². The number of hydrogen-bond donors (Lipinski definition) is 0. The zero-order valence-corrected chi connectivity index (χ0v) is 10.9. The molecular weight excluding hydrogens is 230 g/mol. The van der Waals surface area contributed by atoms with Gasteiger partial charge in [0.2, 0.25) is 5.91 Å². The van der Waals surface area contributed by atoms with Crippen LogP contribution in [0.15, 0.2) is 41.3 Å². The van der Waals surface area contributed by atoms with Crippen molar-refractivity contribution < 1.29 is 4.79 Å². The zero-order valence-electron chi connectivity index (χ0n) is 10.1. The highest BCUT2D eigenvalue weighted by molar-refractivity contribution is 8.02. The first kappa shape index (κ1) is 10.9. The van der Waals surface area contributed by atoms with E-state index in [0.717, 1.165) is 17.7 Å². The molecule has 1 aliphatic heterocycles. The van der Waals surface area contributed by atoms with Crippen LogP contribution in [0.25, 0.3) is 0 Å². The van der Waals surface area contributed by atoms with E-state index < -0.39 is 0 Å². The number of para-hydroxylation sites is 1. The van der Waals surface area contributed by atoms with Crippen LogP contribution in [0, 0.1) is 5.92 Å². The van der Waals surface area contributed by atoms with Gasteiger partial charge in [-0.3, -0.25) is 4.79 Å². The van der Waals surface area contributed by atoms with Crippen molar-refractivity contribution in [3.63, 3.8) is 0 Å². The summed E-state index contributed by atoms with van der Waals surface area (Å²) in [4.78, 5) is 15.5. The maximum Gasteiger partial charge on any atom is 0.244 e. The highest BCUT2D eigenvalue weighted by Crippen LogP contribution is 2.63. The Morgan fingerprint density at radius 1 is 1.53 bits per heavy atom. The molecule has 0 unspecified atom stereocenters. The summed E-state index contributed by atoms with van der Waals surface area (Å²) < 4.78 is -0.255. The molecular formula is C14H15NOS. The molecule has 2 aliphatic rings. The summed E-state index contributed by atoms with van der Waals surface area (Å²) in [5.74, 6) is 0.574. The van der Waals surface area contributed by atoms with Crippen molar-refractivity contribution in [2.45, 2.75) is 23.0 Å². The molecule has 1 heterocycles. The van der Waals surface area contributed by atoms with Crippen LogP contribution in [0.3, 0.4) is 0 Å². The Hall–Kier alpha value is -1.22. The van der Waals surface area contributed by atoms with Crippen molar-refractivity contribution in [1.29, 1.82) is 0 Å². The van der Waals surface area contributed by atoms with Crippen LogP contribution in [-0.2, 0) is 4.79 Å². The Bertz CT molecular complexity index is 525. The van der Waals surface area contributed by atoms with Gasteiger partial charge in [-0.15, -0.1) is 11.8 Å². The lowest BCUT2D eigenvalue weighted by Crippen LogP contribution is -2.40. The molecule has 0 bridgehead atoms. The van der Waals surface area contributed by atoms with Gasteiger partial charge in [-0.2, -0.15) is 0 Å². The van der Waals surface area contributed by atoms with Gasteiger partial charge in [0.05, 0.1) is 5.69 Å². The number of nitrogens with zero attached hydrogens (tertiary/aromatic N) is 1. The molecule has 88 valence electrons. The molecule has 1 fully saturated rings. The molecule has 2 nitrogen and oxygen atoms in total. The Kier molecular flexibility index (Phi) is 2.17. The molecule has 1 amide bonds. The first-order valence-corrected chi connectivity index (χ1v) is 6.59. The number of allylic oxidation sites excluding steroid dienone is 1. The number of thioether (sulfide) groups is 1. The lowest BCUT2D eigenvalue weighted by Gasteiger charge is -2.32. The molecule has 0 saturated heterocycles. The van der Waals surface area contributed by atoms with Crippen LogP contribution in [-0.4, -0.2) is 17.7 Å². The fourth-order valence-electron chi connectivity index (χ4n) is 2.62. The SMILES string of the molecule is C=C(C)[C@H]1C[C@@]12Sc1ccccc1N(C)C2=O. The van der Waals surface area contributed by atoms with Crippen LogP contribution in [0.4, 0.5) is 5.69 Å². The second-order valence-corrected chi connectivity index (χ2v) is 6.30. The molecule has 1 aromatic rings. The van der Waals surface area contributed by atoms with E-state index in [1.165, 1.54) is 4.90 Å². The van der Waals surface area contributed by atoms with Crippen molar-refractivity contribution in [2.75, 3.05) is 11.9 Å². The van der Waals surface area contributed by atoms with E-state index >= 15 is 0 Å². The van der Waals surface area contributed by atoms with E-state index in [0.29, 0.717) is 5.92 Å². The van der Waals surface area contributed by atoms with Crippen molar-refractivity contribution >= 4 is 23.4 Å². The summed E-state index contributed by atoms with van der Waals surface area (Å²) in [5, 5.41) is 0. The number of fused-ring (bicyclic) bond motifs is 1. The number of benzene rings is 1. The standard InChI is InChI=1S/C14H15NOS/c1-9(2)10-8-14(10)13(16)15(3)11-6-4-5-7-12(11)17-14/h4-7,10H,1,8H2,2-3H3/t10-,14-/m1/s1. The number of hydrogen-bond acceptors (Lipinski definition) is 2. The fourth-order valence-corrected chi connectivity index (χ4v) is 4.29. The smallest absolute Gasteiger partial charge is 0.244 e. The van der Waals surface area contributed by atoms with E-state index in [-0.39, 0.29) is 10.7 Å². The van der Waals surface area contributed by atoms with E-state index in [2.05, 4.69) is 12.6 Å². The predicted molar refractivity (Wildman–Crippen MR) is 71.4 cm³/mol. The highest BCUT2D eigenvalue weighted by Gasteiger charge is 2.63. The monoisotopic (exact) mass is 245 g/mol. The molecule has 3 heteroatoms. The summed E-state index contributed by atoms with van der Waals surface area (Å²) in [6.07, 6.45) is 0.935. The third-order valence-corrected chi connectivity index (χ3v) is 5.25. The predicted octanol–water partition coefficient (Wildman–Crippen LogP) is 3.09. The third-order valence-electron chi connectivity index (χ3n) is 3.69. The van der Waals surface area contributed by atoms with Crippen molar-refractivity contribution in [1.82, 2.24) is 0 Å². The van der Waals surface area contributed by atoms with E-state index in [9.17, 15) is 4.79 Å². The minimum absolute atomic E-state index is 0.231. The van der Waals surface area contributed by atoms with Gasteiger partial charge in [-0.05, 0) is 25.5 Å². The maximum absolute atomic E-state index is 12.5. The van der Waals surface area contributed by atoms with Gasteiger partial charge < -0.3 is 4.90 Å². The largest absolute Gasteiger partial charge is 0.313 e. The normalized spacial score (nSPS) is 30.4. The van der Waals surface area contributed by atoms with Crippen molar-refractivity contribution in [3.8, 4) is 0 Å². The molecule has 17 heavy (non-hydrogen) atoms. The average Bonchev–Trinajstić information content (AvgIpc) is 3.02. The van der Waals surface area contributed by atoms with Crippen LogP contribution in [0.5, 0.6) is 0 Å². The topological polar surface area (TPSA) is 20.3 Å². The quantitative estimate of drug-likeness (QED) is 0.709. The van der Waals surface area contributed by atoms with Crippen LogP contribution in [0.2, 0.25) is 0 Å². The number of carbonyl (C=O) groups excluding carboxylic acids is 1. The lowest BCUT2D eigenvalue weighted by atomic mass is 10.1. The Balaban J connectivity index is 2.04. The number of carbonyl (C=O) groups is 1. The molecule has 1 aromatic carbocycles. The Labute approximate surface area is 106 Å². The number of rotatable bonds is 1. The van der Waals surface area contributed by atoms with Crippen LogP contribution >= 0.6 is 11.8 Å². The number of anilines is 1. The zero-order chi connectivity index (χ0) is 12.2. The second kappa shape index (κ2) is 3.39. The van der Waals surface area contributed by atoms with Gasteiger partial charge in [0.1, 0.15) is 4.75 Å². The average molecular weight is 245 g/mol. The second-order valence-electron chi connectivity index (χ2n) is 4.93. The van der Waals surface area contributed by atoms with Gasteiger partial charge in [-0.25, -0.2) is 0 Å². The fraction of sp³-hybridized carbons (Fsp3) is 0.357. The highest BCUT2D eigenvalue weighted by atomic mass is 32.2. The summed E-state index contributed by atoms with van der Waals surface area (Å²) in [7, 11) is 1.87. The third kappa shape index (κ3) is 1.38. The van der Waals surface area contributed by atoms with E-state index in [1.54, 1.807) is 16.7 Å². The summed E-state index contributed by atoms with van der Waals surface area (Å²) in [6, 6.07) is 8.11. The molecule has 2 atom stereocenters. The summed E-state index contributed by atoms with van der Waals surface area (Å²) >= 11 is 1.72. The van der Waals surface area contributed by atoms with Gasteiger partial charge in [-0.1, -0.05) is 24.3 Å². The van der Waals surface area contributed by atoms with Gasteiger partial charge in [0.25, 0.3) is 0 Å². The molecule has 0 radical (unpaired) electrons. The molecule has 0 aromatic heterocycles. The van der Waals surface area contributed by atoms with Gasteiger partial charge in [0, 0.05) is 17.9 Å². The Morgan fingerprint density at radius 3 is 2.88 bits per heavy atom. The minimum atomic E-state index is -0.255. The first-order chi connectivity index (χ1) is 8.06. The van der Waals surface area contributed by atoms with Crippen LogP contribution < -0.4 is 4.90 Å². The minimum Gasteiger partial charge on any atom is -0.313 e. The summed E-state index contributed by atoms with van der Waals surface area (Å²) in [5.41, 5.74) is 2.15. The van der Waals surface area contributed by atoms with E-state index in [1.807, 2.05) is 32.2 Å². The van der Waals surface area contributed by atoms with Crippen molar-refractivity contribution in [2.24, 2.45) is 5.92 Å². The molecule has 1 saturated carbocycles. The molecule has 3 rings (SSSR count). The molecule has 1 aliphatic carbocycles. The lowest BCUT2D eigenvalue weighted by molar-refractivity contribution is -0.118. The van der Waals surface area contributed by atoms with E-state index in [4.69, 9.17) is 0 Å². The molecule has 0 N–H and O–H groups in total. The van der Waals surface area contributed by atoms with Crippen LogP contribution in [0.1, 0.15) is 13.3 Å². The molecule has 1 spiro atoms. The summed E-state index contributed by atoms with van der Waals surface area (Å²) in [6.45, 7) is 6.02. The van der Waals surface area contributed by atoms with Gasteiger partial charge >= 0.3 is 0 Å². The van der Waals surface area contributed by atoms with Crippen molar-refractivity contribution in [3.05, 3.63) is 36.4 Å². The maximum atomic E-state index is 12.5. The first-order valence-electron chi connectivity index (χ1n) is 5.78. The number of amides is 1. The Morgan fingerprint density at radius 2 is 2.24 bits per heavy atom.